The summed E-state index contributed by atoms with van der Waals surface area (Å²) in [5.41, 5.74) is 9.55. The summed E-state index contributed by atoms with van der Waals surface area (Å²) in [5.74, 6) is 2.96. The Bertz CT molecular complexity index is 443. The summed E-state index contributed by atoms with van der Waals surface area (Å²) in [6.07, 6.45) is 4.24. The number of nitrogens with zero attached hydrogens (tertiary/aromatic N) is 2. The third-order valence-electron chi connectivity index (χ3n) is 4.68. The van der Waals surface area contributed by atoms with E-state index in [1.807, 2.05) is 0 Å². The molecule has 1 aliphatic heterocycles. The van der Waals surface area contributed by atoms with Gasteiger partial charge in [-0.3, -0.25) is 0 Å². The van der Waals surface area contributed by atoms with E-state index in [0.717, 1.165) is 23.3 Å². The van der Waals surface area contributed by atoms with Gasteiger partial charge in [-0.2, -0.15) is 0 Å². The zero-order valence-electron chi connectivity index (χ0n) is 11.4. The SMILES string of the molecule is Cc1cc(C)c(CN)c(N2CC3CCCC3C2)n1. The highest BCUT2D eigenvalue weighted by atomic mass is 15.2. The zero-order chi connectivity index (χ0) is 12.7. The topological polar surface area (TPSA) is 42.1 Å². The van der Waals surface area contributed by atoms with Crippen LogP contribution >= 0.6 is 0 Å². The predicted octanol–water partition coefficient (Wildman–Crippen LogP) is 2.39. The first-order valence-electron chi connectivity index (χ1n) is 7.11. The van der Waals surface area contributed by atoms with E-state index in [4.69, 9.17) is 10.7 Å². The molecule has 3 rings (SSSR count). The lowest BCUT2D eigenvalue weighted by Gasteiger charge is -2.23. The molecule has 2 aliphatic rings. The van der Waals surface area contributed by atoms with Gasteiger partial charge in [-0.05, 0) is 50.2 Å². The van der Waals surface area contributed by atoms with Crippen molar-refractivity contribution in [3.05, 3.63) is 22.9 Å². The van der Waals surface area contributed by atoms with Crippen molar-refractivity contribution in [2.75, 3.05) is 18.0 Å². The van der Waals surface area contributed by atoms with Crippen molar-refractivity contribution in [1.82, 2.24) is 4.98 Å². The smallest absolute Gasteiger partial charge is 0.133 e. The number of hydrogen-bond acceptors (Lipinski definition) is 3. The molecule has 2 unspecified atom stereocenters. The van der Waals surface area contributed by atoms with Gasteiger partial charge in [-0.25, -0.2) is 4.98 Å². The van der Waals surface area contributed by atoms with Gasteiger partial charge in [0, 0.05) is 30.9 Å². The maximum atomic E-state index is 5.92. The first-order chi connectivity index (χ1) is 8.69. The summed E-state index contributed by atoms with van der Waals surface area (Å²) >= 11 is 0. The molecule has 0 spiro atoms. The van der Waals surface area contributed by atoms with Gasteiger partial charge < -0.3 is 10.6 Å². The molecule has 2 heterocycles. The van der Waals surface area contributed by atoms with Crippen LogP contribution in [0.15, 0.2) is 6.07 Å². The van der Waals surface area contributed by atoms with Crippen LogP contribution in [-0.4, -0.2) is 18.1 Å². The van der Waals surface area contributed by atoms with Gasteiger partial charge in [0.1, 0.15) is 5.82 Å². The number of anilines is 1. The molecular weight excluding hydrogens is 222 g/mol. The minimum Gasteiger partial charge on any atom is -0.356 e. The normalized spacial score (nSPS) is 26.7. The molecule has 1 saturated carbocycles. The second-order valence-electron chi connectivity index (χ2n) is 5.94. The van der Waals surface area contributed by atoms with E-state index in [-0.39, 0.29) is 0 Å². The minimum atomic E-state index is 0.598. The van der Waals surface area contributed by atoms with E-state index < -0.39 is 0 Å². The lowest BCUT2D eigenvalue weighted by molar-refractivity contribution is 0.494. The summed E-state index contributed by atoms with van der Waals surface area (Å²) in [5, 5.41) is 0. The van der Waals surface area contributed by atoms with Crippen LogP contribution in [0.3, 0.4) is 0 Å². The fourth-order valence-electron chi connectivity index (χ4n) is 3.77. The van der Waals surface area contributed by atoms with Gasteiger partial charge in [0.05, 0.1) is 0 Å². The number of pyridine rings is 1. The van der Waals surface area contributed by atoms with Gasteiger partial charge in [0.15, 0.2) is 0 Å². The van der Waals surface area contributed by atoms with Crippen LogP contribution in [0.4, 0.5) is 5.82 Å². The molecule has 1 aromatic rings. The Balaban J connectivity index is 1.92. The molecule has 98 valence electrons. The number of nitrogens with two attached hydrogens (primary N) is 1. The van der Waals surface area contributed by atoms with Crippen LogP contribution < -0.4 is 10.6 Å². The maximum Gasteiger partial charge on any atom is 0.133 e. The van der Waals surface area contributed by atoms with Gasteiger partial charge in [-0.15, -0.1) is 0 Å². The lowest BCUT2D eigenvalue weighted by Crippen LogP contribution is -2.24. The fraction of sp³-hybridized carbons (Fsp3) is 0.667. The average Bonchev–Trinajstić information content (AvgIpc) is 2.87. The number of rotatable bonds is 2. The summed E-state index contributed by atoms with van der Waals surface area (Å²) < 4.78 is 0. The number of aromatic nitrogens is 1. The van der Waals surface area contributed by atoms with E-state index in [1.165, 1.54) is 43.5 Å². The Morgan fingerprint density at radius 1 is 1.28 bits per heavy atom. The van der Waals surface area contributed by atoms with E-state index in [0.29, 0.717) is 6.54 Å². The Labute approximate surface area is 109 Å². The molecule has 0 aromatic carbocycles. The highest BCUT2D eigenvalue weighted by molar-refractivity contribution is 5.52. The van der Waals surface area contributed by atoms with Crippen LogP contribution in [0.5, 0.6) is 0 Å². The van der Waals surface area contributed by atoms with Crippen LogP contribution in [0.1, 0.15) is 36.1 Å². The molecule has 0 radical (unpaired) electrons. The zero-order valence-corrected chi connectivity index (χ0v) is 11.4. The number of hydrogen-bond donors (Lipinski definition) is 1. The second kappa shape index (κ2) is 4.54. The highest BCUT2D eigenvalue weighted by Crippen LogP contribution is 2.40. The molecule has 3 heteroatoms. The van der Waals surface area contributed by atoms with Crippen molar-refractivity contribution in [1.29, 1.82) is 0 Å². The van der Waals surface area contributed by atoms with E-state index in [1.54, 1.807) is 0 Å². The first-order valence-corrected chi connectivity index (χ1v) is 7.11. The molecule has 2 atom stereocenters. The van der Waals surface area contributed by atoms with Crippen molar-refractivity contribution in [3.63, 3.8) is 0 Å². The molecule has 18 heavy (non-hydrogen) atoms. The largest absolute Gasteiger partial charge is 0.356 e. The van der Waals surface area contributed by atoms with E-state index in [2.05, 4.69) is 24.8 Å². The monoisotopic (exact) mass is 245 g/mol. The van der Waals surface area contributed by atoms with E-state index >= 15 is 0 Å². The highest BCUT2D eigenvalue weighted by Gasteiger charge is 2.37. The van der Waals surface area contributed by atoms with Crippen LogP contribution in [0, 0.1) is 25.7 Å². The molecule has 3 nitrogen and oxygen atoms in total. The van der Waals surface area contributed by atoms with Gasteiger partial charge >= 0.3 is 0 Å². The molecule has 2 fully saturated rings. The van der Waals surface area contributed by atoms with Gasteiger partial charge in [-0.1, -0.05) is 6.42 Å². The van der Waals surface area contributed by atoms with Crippen LogP contribution in [0.25, 0.3) is 0 Å². The molecule has 0 bridgehead atoms. The summed E-state index contributed by atoms with van der Waals surface area (Å²) in [4.78, 5) is 7.24. The van der Waals surface area contributed by atoms with Crippen LogP contribution in [-0.2, 0) is 6.54 Å². The Morgan fingerprint density at radius 2 is 1.94 bits per heavy atom. The molecule has 0 amide bonds. The average molecular weight is 245 g/mol. The summed E-state index contributed by atoms with van der Waals surface area (Å²) in [7, 11) is 0. The summed E-state index contributed by atoms with van der Waals surface area (Å²) in [6, 6.07) is 2.14. The third kappa shape index (κ3) is 1.91. The molecule has 2 N–H and O–H groups in total. The predicted molar refractivity (Wildman–Crippen MR) is 74.6 cm³/mol. The van der Waals surface area contributed by atoms with Crippen LogP contribution in [0.2, 0.25) is 0 Å². The second-order valence-corrected chi connectivity index (χ2v) is 5.94. The fourth-order valence-corrected chi connectivity index (χ4v) is 3.77. The lowest BCUT2D eigenvalue weighted by atomic mass is 10.0. The standard InChI is InChI=1S/C15H23N3/c1-10-6-11(2)17-15(14(10)7-16)18-8-12-4-3-5-13(12)9-18/h6,12-13H,3-5,7-9,16H2,1-2H3. The third-order valence-corrected chi connectivity index (χ3v) is 4.68. The van der Waals surface area contributed by atoms with Gasteiger partial charge in [0.2, 0.25) is 0 Å². The molecule has 1 aromatic heterocycles. The van der Waals surface area contributed by atoms with Gasteiger partial charge in [0.25, 0.3) is 0 Å². The number of fused-ring (bicyclic) bond motifs is 1. The van der Waals surface area contributed by atoms with Crippen molar-refractivity contribution < 1.29 is 0 Å². The van der Waals surface area contributed by atoms with Crippen molar-refractivity contribution in [2.45, 2.75) is 39.7 Å². The molecule has 1 aliphatic carbocycles. The quantitative estimate of drug-likeness (QED) is 0.870. The summed E-state index contributed by atoms with van der Waals surface area (Å²) in [6.45, 7) is 7.20. The van der Waals surface area contributed by atoms with Crippen molar-refractivity contribution in [3.8, 4) is 0 Å². The van der Waals surface area contributed by atoms with Crippen molar-refractivity contribution >= 4 is 5.82 Å². The first kappa shape index (κ1) is 12.0. The Hall–Kier alpha value is -1.09. The van der Waals surface area contributed by atoms with E-state index in [9.17, 15) is 0 Å². The maximum absolute atomic E-state index is 5.92. The molecule has 1 saturated heterocycles. The number of aryl methyl sites for hydroxylation is 2. The van der Waals surface area contributed by atoms with Crippen molar-refractivity contribution in [2.24, 2.45) is 17.6 Å². The molecular formula is C15H23N3. The Kier molecular flexibility index (Phi) is 3.02. The minimum absolute atomic E-state index is 0.598. The Morgan fingerprint density at radius 3 is 2.56 bits per heavy atom.